The van der Waals surface area contributed by atoms with Gasteiger partial charge in [-0.2, -0.15) is 5.10 Å². The molecule has 0 saturated heterocycles. The summed E-state index contributed by atoms with van der Waals surface area (Å²) in [6, 6.07) is 16.7. The van der Waals surface area contributed by atoms with Gasteiger partial charge in [0.25, 0.3) is 5.91 Å². The molecule has 0 saturated carbocycles. The first-order valence-electron chi connectivity index (χ1n) is 8.22. The van der Waals surface area contributed by atoms with Crippen molar-refractivity contribution in [3.8, 4) is 11.1 Å². The van der Waals surface area contributed by atoms with E-state index >= 15 is 0 Å². The Hall–Kier alpha value is -3.41. The van der Waals surface area contributed by atoms with Crippen molar-refractivity contribution < 1.29 is 9.59 Å². The zero-order chi connectivity index (χ0) is 18.5. The third kappa shape index (κ3) is 4.16. The fourth-order valence-corrected chi connectivity index (χ4v) is 2.53. The molecule has 0 aliphatic heterocycles. The maximum absolute atomic E-state index is 12.2. The van der Waals surface area contributed by atoms with Crippen molar-refractivity contribution in [2.45, 2.75) is 6.54 Å². The van der Waals surface area contributed by atoms with Crippen LogP contribution in [0.25, 0.3) is 11.1 Å². The molecule has 6 heteroatoms. The first-order valence-corrected chi connectivity index (χ1v) is 8.22. The lowest BCUT2D eigenvalue weighted by atomic mass is 10.1. The fraction of sp³-hybridized carbons (Fsp3) is 0.150. The summed E-state index contributed by atoms with van der Waals surface area (Å²) in [5.41, 5.74) is 3.23. The number of carbonyl (C=O) groups excluding carboxylic acids is 2. The van der Waals surface area contributed by atoms with Crippen LogP contribution < -0.4 is 5.32 Å². The number of rotatable bonds is 5. The Bertz CT molecular complexity index is 899. The van der Waals surface area contributed by atoms with Crippen molar-refractivity contribution in [2.75, 3.05) is 19.4 Å². The van der Waals surface area contributed by atoms with Crippen LogP contribution in [0.3, 0.4) is 0 Å². The molecule has 0 fully saturated rings. The highest BCUT2D eigenvalue weighted by Crippen LogP contribution is 2.17. The van der Waals surface area contributed by atoms with Crippen molar-refractivity contribution in [1.29, 1.82) is 0 Å². The molecule has 0 radical (unpaired) electrons. The van der Waals surface area contributed by atoms with E-state index in [0.29, 0.717) is 11.3 Å². The zero-order valence-corrected chi connectivity index (χ0v) is 14.7. The number of hydrogen-bond donors (Lipinski definition) is 1. The molecule has 0 aliphatic carbocycles. The van der Waals surface area contributed by atoms with Gasteiger partial charge in [0.15, 0.2) is 0 Å². The lowest BCUT2D eigenvalue weighted by Gasteiger charge is -2.11. The highest BCUT2D eigenvalue weighted by molar-refractivity contribution is 5.95. The zero-order valence-electron chi connectivity index (χ0n) is 14.7. The molecule has 0 spiro atoms. The highest BCUT2D eigenvalue weighted by Gasteiger charge is 2.09. The van der Waals surface area contributed by atoms with Crippen LogP contribution in [0.15, 0.2) is 67.0 Å². The minimum Gasteiger partial charge on any atom is -0.345 e. The molecule has 3 aromatic rings. The summed E-state index contributed by atoms with van der Waals surface area (Å²) in [6.07, 6.45) is 3.58. The van der Waals surface area contributed by atoms with E-state index in [-0.39, 0.29) is 18.4 Å². The van der Waals surface area contributed by atoms with E-state index in [1.54, 1.807) is 49.2 Å². The molecule has 1 heterocycles. The van der Waals surface area contributed by atoms with E-state index in [1.807, 2.05) is 36.5 Å². The minimum absolute atomic E-state index is 0.0761. The van der Waals surface area contributed by atoms with Crippen LogP contribution in [-0.2, 0) is 11.3 Å². The lowest BCUT2D eigenvalue weighted by Crippen LogP contribution is -2.22. The van der Waals surface area contributed by atoms with Crippen LogP contribution in [0.2, 0.25) is 0 Å². The van der Waals surface area contributed by atoms with Gasteiger partial charge in [-0.05, 0) is 29.8 Å². The second-order valence-electron chi connectivity index (χ2n) is 6.12. The van der Waals surface area contributed by atoms with Crippen LogP contribution in [0.5, 0.6) is 0 Å². The molecule has 0 unspecified atom stereocenters. The summed E-state index contributed by atoms with van der Waals surface area (Å²) in [7, 11) is 3.40. The summed E-state index contributed by atoms with van der Waals surface area (Å²) in [5.74, 6) is -0.257. The standard InChI is InChI=1S/C20H20N4O2/c1-23(2)20(26)16-8-10-18(11-9-16)22-19(25)14-24-13-17(12-21-24)15-6-4-3-5-7-15/h3-13H,14H2,1-2H3,(H,22,25). The molecule has 26 heavy (non-hydrogen) atoms. The van der Waals surface area contributed by atoms with Crippen molar-refractivity contribution in [2.24, 2.45) is 0 Å². The van der Waals surface area contributed by atoms with E-state index in [1.165, 1.54) is 4.90 Å². The second kappa shape index (κ2) is 7.65. The third-order valence-electron chi connectivity index (χ3n) is 3.87. The number of benzene rings is 2. The monoisotopic (exact) mass is 348 g/mol. The predicted molar refractivity (Wildman–Crippen MR) is 101 cm³/mol. The van der Waals surface area contributed by atoms with E-state index < -0.39 is 0 Å². The molecule has 0 aliphatic rings. The number of aromatic nitrogens is 2. The molecule has 2 amide bonds. The van der Waals surface area contributed by atoms with Gasteiger partial charge in [-0.1, -0.05) is 30.3 Å². The first-order chi connectivity index (χ1) is 12.5. The van der Waals surface area contributed by atoms with Gasteiger partial charge in [-0.15, -0.1) is 0 Å². The topological polar surface area (TPSA) is 67.2 Å². The predicted octanol–water partition coefficient (Wildman–Crippen LogP) is 2.89. The van der Waals surface area contributed by atoms with Gasteiger partial charge in [0.1, 0.15) is 6.54 Å². The number of nitrogens with one attached hydrogen (secondary N) is 1. The quantitative estimate of drug-likeness (QED) is 0.771. The third-order valence-corrected chi connectivity index (χ3v) is 3.87. The molecular weight excluding hydrogens is 328 g/mol. The van der Waals surface area contributed by atoms with E-state index in [9.17, 15) is 9.59 Å². The van der Waals surface area contributed by atoms with Gasteiger partial charge in [0.2, 0.25) is 5.91 Å². The van der Waals surface area contributed by atoms with Gasteiger partial charge < -0.3 is 10.2 Å². The van der Waals surface area contributed by atoms with Gasteiger partial charge in [0, 0.05) is 37.1 Å². The summed E-state index contributed by atoms with van der Waals surface area (Å²) >= 11 is 0. The Kier molecular flexibility index (Phi) is 5.12. The Labute approximate surface area is 152 Å². The van der Waals surface area contributed by atoms with E-state index in [4.69, 9.17) is 0 Å². The molecule has 132 valence electrons. The Morgan fingerprint density at radius 1 is 1.00 bits per heavy atom. The van der Waals surface area contributed by atoms with E-state index in [2.05, 4.69) is 10.4 Å². The molecule has 1 aromatic heterocycles. The maximum Gasteiger partial charge on any atom is 0.253 e. The summed E-state index contributed by atoms with van der Waals surface area (Å²) in [4.78, 5) is 25.6. The van der Waals surface area contributed by atoms with Crippen molar-refractivity contribution in [3.63, 3.8) is 0 Å². The molecule has 1 N–H and O–H groups in total. The normalized spacial score (nSPS) is 10.4. The Morgan fingerprint density at radius 2 is 1.69 bits per heavy atom. The molecule has 2 aromatic carbocycles. The average molecular weight is 348 g/mol. The van der Waals surface area contributed by atoms with Crippen LogP contribution >= 0.6 is 0 Å². The fourth-order valence-electron chi connectivity index (χ4n) is 2.53. The second-order valence-corrected chi connectivity index (χ2v) is 6.12. The van der Waals surface area contributed by atoms with Crippen LogP contribution in [-0.4, -0.2) is 40.6 Å². The van der Waals surface area contributed by atoms with E-state index in [0.717, 1.165) is 11.1 Å². The Balaban J connectivity index is 1.61. The van der Waals surface area contributed by atoms with Gasteiger partial charge in [-0.3, -0.25) is 14.3 Å². The van der Waals surface area contributed by atoms with Crippen molar-refractivity contribution >= 4 is 17.5 Å². The first kappa shape index (κ1) is 17.4. The van der Waals surface area contributed by atoms with Crippen molar-refractivity contribution in [1.82, 2.24) is 14.7 Å². The molecular formula is C20H20N4O2. The number of hydrogen-bond acceptors (Lipinski definition) is 3. The maximum atomic E-state index is 12.2. The number of nitrogens with zero attached hydrogens (tertiary/aromatic N) is 3. The molecule has 3 rings (SSSR count). The average Bonchev–Trinajstić information content (AvgIpc) is 3.10. The summed E-state index contributed by atoms with van der Waals surface area (Å²) in [5, 5.41) is 7.05. The lowest BCUT2D eigenvalue weighted by molar-refractivity contribution is -0.116. The number of carbonyl (C=O) groups is 2. The number of amides is 2. The van der Waals surface area contributed by atoms with Gasteiger partial charge in [-0.25, -0.2) is 0 Å². The minimum atomic E-state index is -0.181. The summed E-state index contributed by atoms with van der Waals surface area (Å²) < 4.78 is 1.60. The molecule has 0 bridgehead atoms. The SMILES string of the molecule is CN(C)C(=O)c1ccc(NC(=O)Cn2cc(-c3ccccc3)cn2)cc1. The number of anilines is 1. The molecule has 6 nitrogen and oxygen atoms in total. The van der Waals surface area contributed by atoms with Crippen LogP contribution in [0.4, 0.5) is 5.69 Å². The van der Waals surface area contributed by atoms with Crippen molar-refractivity contribution in [3.05, 3.63) is 72.6 Å². The summed E-state index contributed by atoms with van der Waals surface area (Å²) in [6.45, 7) is 0.116. The van der Waals surface area contributed by atoms with Crippen LogP contribution in [0.1, 0.15) is 10.4 Å². The molecule has 0 atom stereocenters. The van der Waals surface area contributed by atoms with Gasteiger partial charge >= 0.3 is 0 Å². The largest absolute Gasteiger partial charge is 0.345 e. The van der Waals surface area contributed by atoms with Gasteiger partial charge in [0.05, 0.1) is 6.20 Å². The van der Waals surface area contributed by atoms with Crippen LogP contribution in [0, 0.1) is 0 Å². The Morgan fingerprint density at radius 3 is 2.35 bits per heavy atom. The smallest absolute Gasteiger partial charge is 0.253 e. The highest BCUT2D eigenvalue weighted by atomic mass is 16.2.